The predicted molar refractivity (Wildman–Crippen MR) is 245 cm³/mol. The van der Waals surface area contributed by atoms with Gasteiger partial charge in [-0.2, -0.15) is 0 Å². The molecule has 9 atom stereocenters. The summed E-state index contributed by atoms with van der Waals surface area (Å²) < 4.78 is 19.0. The van der Waals surface area contributed by atoms with Gasteiger partial charge in [0, 0.05) is 34.0 Å². The Labute approximate surface area is 358 Å². The van der Waals surface area contributed by atoms with Crippen LogP contribution in [0.1, 0.15) is 148 Å². The number of terminal acetylenes is 3. The molecule has 328 valence electrons. The van der Waals surface area contributed by atoms with E-state index >= 15 is 0 Å². The number of ketones is 1. The van der Waals surface area contributed by atoms with Crippen LogP contribution in [0.25, 0.3) is 10.9 Å². The van der Waals surface area contributed by atoms with Gasteiger partial charge in [-0.3, -0.25) is 4.79 Å². The molecule has 1 aromatic heterocycles. The van der Waals surface area contributed by atoms with E-state index in [0.717, 1.165) is 31.2 Å². The normalized spacial score (nSPS) is 30.5. The molecule has 3 heterocycles. The highest BCUT2D eigenvalue weighted by molar-refractivity contribution is 6.06. The lowest BCUT2D eigenvalue weighted by Crippen LogP contribution is -2.56. The molecule has 6 aliphatic rings. The molecule has 59 heavy (non-hydrogen) atoms. The number of allylic oxidation sites excluding steroid dienone is 1. The number of hydrogen-bond acceptors (Lipinski definition) is 7. The summed E-state index contributed by atoms with van der Waals surface area (Å²) in [5.41, 5.74) is 11.1. The molecule has 0 radical (unpaired) electrons. The SMILES string of the molecule is C#C.C#C.C#C.C=C(C)C.C=O.CC.CC1(C)OC(C)(C)[C@@H]2Cc3c(ccc4[nH]c5c(c34)CC3CCC4C6CC[C@@H](C(C)(C)OCO)OC6CC[C@]4(C)C53)C(=O)C21.CN. The van der Waals surface area contributed by atoms with E-state index in [9.17, 15) is 9.90 Å². The number of aliphatic hydroxyl groups is 1. The van der Waals surface area contributed by atoms with Gasteiger partial charge < -0.3 is 34.8 Å². The number of carbonyl (C=O) groups excluding carboxylic acids is 2. The number of aromatic nitrogens is 1. The van der Waals surface area contributed by atoms with Gasteiger partial charge in [-0.05, 0) is 160 Å². The van der Waals surface area contributed by atoms with Gasteiger partial charge in [0.15, 0.2) is 5.78 Å². The zero-order valence-corrected chi connectivity index (χ0v) is 38.6. The van der Waals surface area contributed by atoms with Gasteiger partial charge in [0.2, 0.25) is 0 Å². The number of ether oxygens (including phenoxy) is 3. The van der Waals surface area contributed by atoms with Gasteiger partial charge in [0.05, 0.1) is 34.9 Å². The summed E-state index contributed by atoms with van der Waals surface area (Å²) in [4.78, 5) is 26.1. The molecular formula is C51H78N2O6. The smallest absolute Gasteiger partial charge is 0.169 e. The summed E-state index contributed by atoms with van der Waals surface area (Å²) in [6.45, 7) is 28.5. The average molecular weight is 815 g/mol. The molecule has 4 N–H and O–H groups in total. The molecule has 4 aliphatic carbocycles. The number of carbonyl (C=O) groups is 2. The van der Waals surface area contributed by atoms with Crippen molar-refractivity contribution in [2.24, 2.45) is 40.7 Å². The van der Waals surface area contributed by atoms with E-state index < -0.39 is 11.2 Å². The molecule has 2 aliphatic heterocycles. The van der Waals surface area contributed by atoms with Gasteiger partial charge >= 0.3 is 0 Å². The number of fused-ring (bicyclic) bond motifs is 12. The topological polar surface area (TPSA) is 124 Å². The number of aromatic amines is 1. The van der Waals surface area contributed by atoms with Crippen molar-refractivity contribution in [1.29, 1.82) is 0 Å². The average Bonchev–Trinajstić information content (AvgIpc) is 3.83. The van der Waals surface area contributed by atoms with Crippen molar-refractivity contribution in [3.05, 3.63) is 46.7 Å². The maximum Gasteiger partial charge on any atom is 0.169 e. The third kappa shape index (κ3) is 10.1. The zero-order chi connectivity index (χ0) is 45.8. The minimum Gasteiger partial charge on any atom is -0.372 e. The molecule has 0 spiro atoms. The van der Waals surface area contributed by atoms with Crippen LogP contribution in [0, 0.1) is 73.5 Å². The monoisotopic (exact) mass is 815 g/mol. The Bertz CT molecular complexity index is 1730. The second kappa shape index (κ2) is 22.2. The van der Waals surface area contributed by atoms with E-state index in [-0.39, 0.29) is 47.6 Å². The quantitative estimate of drug-likeness (QED) is 0.160. The van der Waals surface area contributed by atoms with Gasteiger partial charge in [-0.25, -0.2) is 0 Å². The van der Waals surface area contributed by atoms with Crippen LogP contribution in [0.2, 0.25) is 0 Å². The fourth-order valence-electron chi connectivity index (χ4n) is 12.0. The summed E-state index contributed by atoms with van der Waals surface area (Å²) >= 11 is 0. The second-order valence-electron chi connectivity index (χ2n) is 18.2. The molecule has 2 saturated carbocycles. The van der Waals surface area contributed by atoms with E-state index in [0.29, 0.717) is 23.7 Å². The minimum absolute atomic E-state index is 0.0303. The number of nitrogens with two attached hydrogens (primary N) is 1. The highest BCUT2D eigenvalue weighted by Crippen LogP contribution is 2.66. The third-order valence-corrected chi connectivity index (χ3v) is 13.7. The Morgan fingerprint density at radius 3 is 2.02 bits per heavy atom. The maximum absolute atomic E-state index is 14.1. The highest BCUT2D eigenvalue weighted by atomic mass is 16.6. The van der Waals surface area contributed by atoms with Crippen LogP contribution >= 0.6 is 0 Å². The molecule has 8 nitrogen and oxygen atoms in total. The van der Waals surface area contributed by atoms with Crippen molar-refractivity contribution < 1.29 is 28.9 Å². The van der Waals surface area contributed by atoms with Crippen LogP contribution in [-0.4, -0.2) is 65.5 Å². The zero-order valence-electron chi connectivity index (χ0n) is 38.6. The van der Waals surface area contributed by atoms with E-state index in [1.165, 1.54) is 66.0 Å². The fourth-order valence-corrected chi connectivity index (χ4v) is 12.0. The largest absolute Gasteiger partial charge is 0.372 e. The van der Waals surface area contributed by atoms with Crippen LogP contribution in [-0.2, 0) is 31.8 Å². The fraction of sp³-hybridized carbons (Fsp3) is 0.647. The van der Waals surface area contributed by atoms with Gasteiger partial charge in [-0.1, -0.05) is 26.3 Å². The first kappa shape index (κ1) is 53.3. The third-order valence-electron chi connectivity index (χ3n) is 13.7. The maximum atomic E-state index is 14.1. The second-order valence-corrected chi connectivity index (χ2v) is 18.2. The number of H-pyrrole nitrogens is 1. The van der Waals surface area contributed by atoms with Crippen molar-refractivity contribution in [3.63, 3.8) is 0 Å². The summed E-state index contributed by atoms with van der Waals surface area (Å²) in [6.07, 6.45) is 33.4. The molecule has 2 aromatic rings. The molecule has 1 aromatic carbocycles. The first-order valence-corrected chi connectivity index (χ1v) is 21.3. The first-order valence-electron chi connectivity index (χ1n) is 21.3. The molecule has 4 fully saturated rings. The Hall–Kier alpha value is -3.68. The van der Waals surface area contributed by atoms with Gasteiger partial charge in [0.1, 0.15) is 13.6 Å². The standard InChI is InChI=1S/C37H51NO5.C4H8.C2H6.3C2H2.CH5N.CH2O/c1-34(2)25-17-22-20(33(40)31(25)36(5,6)43-34)9-12-26-29(22)23-16-19-8-11-24-21-10-13-28(35(3,4)41-18-39)42-27(21)14-15-37(24,7)30(19)32(23)38-26;1-4(2)3;6*1-2/h9,12,19,21,24-25,27-28,30-31,38-39H,8,10-11,13-18H2,1-7H3;1H2,2-3H3;1-2H3;3*1-2H;2H2,1H3;1H2/t19?,21?,24?,25-,27?,28+,30?,31?,37+;;;;;;;/m1......./s1. The van der Waals surface area contributed by atoms with Crippen LogP contribution in [0.3, 0.4) is 0 Å². The van der Waals surface area contributed by atoms with Gasteiger partial charge in [0.25, 0.3) is 0 Å². The minimum atomic E-state index is -0.473. The summed E-state index contributed by atoms with van der Waals surface area (Å²) in [6, 6.07) is 4.30. The van der Waals surface area contributed by atoms with E-state index in [2.05, 4.69) is 116 Å². The van der Waals surface area contributed by atoms with Crippen LogP contribution in [0.4, 0.5) is 0 Å². The Kier molecular flexibility index (Phi) is 20.1. The van der Waals surface area contributed by atoms with Crippen molar-refractivity contribution in [3.8, 4) is 38.5 Å². The predicted octanol–water partition coefficient (Wildman–Crippen LogP) is 9.85. The van der Waals surface area contributed by atoms with Crippen molar-refractivity contribution in [2.75, 3.05) is 13.8 Å². The molecule has 8 heteroatoms. The number of benzene rings is 1. The summed E-state index contributed by atoms with van der Waals surface area (Å²) in [7, 11) is 1.50. The van der Waals surface area contributed by atoms with Crippen LogP contribution in [0.15, 0.2) is 24.3 Å². The number of rotatable bonds is 3. The molecular weight excluding hydrogens is 737 g/mol. The molecule has 2 saturated heterocycles. The number of Topliss-reactive ketones (excluding diaryl/α,β-unsaturated/α-hetero) is 1. The molecule has 6 unspecified atom stereocenters. The Morgan fingerprint density at radius 1 is 0.881 bits per heavy atom. The van der Waals surface area contributed by atoms with Gasteiger partial charge in [-0.15, -0.1) is 45.1 Å². The summed E-state index contributed by atoms with van der Waals surface area (Å²) in [5.74, 6) is 2.84. The molecule has 0 bridgehead atoms. The molecule has 0 amide bonds. The Morgan fingerprint density at radius 2 is 1.46 bits per heavy atom. The van der Waals surface area contributed by atoms with Crippen LogP contribution in [0.5, 0.6) is 0 Å². The van der Waals surface area contributed by atoms with Crippen molar-refractivity contribution in [1.82, 2.24) is 4.98 Å². The van der Waals surface area contributed by atoms with Crippen LogP contribution < -0.4 is 5.73 Å². The number of aliphatic hydroxyl groups excluding tert-OH is 1. The van der Waals surface area contributed by atoms with E-state index in [1.54, 1.807) is 0 Å². The number of hydrogen-bond donors (Lipinski definition) is 3. The number of nitrogens with one attached hydrogen (secondary N) is 1. The summed E-state index contributed by atoms with van der Waals surface area (Å²) in [5, 5.41) is 10.8. The lowest BCUT2D eigenvalue weighted by Gasteiger charge is -2.59. The first-order chi connectivity index (χ1) is 28.0. The Balaban J connectivity index is 0.000000969. The van der Waals surface area contributed by atoms with Crippen molar-refractivity contribution >= 4 is 23.5 Å². The molecule has 8 rings (SSSR count). The lowest BCUT2D eigenvalue weighted by molar-refractivity contribution is -0.227. The lowest BCUT2D eigenvalue weighted by atomic mass is 9.49. The van der Waals surface area contributed by atoms with E-state index in [4.69, 9.17) is 19.0 Å². The van der Waals surface area contributed by atoms with E-state index in [1.807, 2.05) is 34.5 Å². The van der Waals surface area contributed by atoms with Crippen molar-refractivity contribution in [2.45, 2.75) is 162 Å². The highest BCUT2D eigenvalue weighted by Gasteiger charge is 2.61.